The van der Waals surface area contributed by atoms with Crippen LogP contribution in [-0.4, -0.2) is 0 Å². The van der Waals surface area contributed by atoms with E-state index in [0.717, 1.165) is 22.5 Å². The van der Waals surface area contributed by atoms with Gasteiger partial charge in [-0.1, -0.05) is 79.9 Å². The lowest BCUT2D eigenvalue weighted by Crippen LogP contribution is -2.04. The first kappa shape index (κ1) is 17.6. The normalized spacial score (nSPS) is 15.2. The van der Waals surface area contributed by atoms with Crippen LogP contribution in [0.25, 0.3) is 32.7 Å². The van der Waals surface area contributed by atoms with Crippen LogP contribution in [0, 0.1) is 0 Å². The first-order chi connectivity index (χ1) is 14.9. The van der Waals surface area contributed by atoms with Crippen LogP contribution in [0.3, 0.4) is 0 Å². The van der Waals surface area contributed by atoms with Crippen LogP contribution >= 0.6 is 0 Å². The molecule has 30 heavy (non-hydrogen) atoms. The van der Waals surface area contributed by atoms with E-state index in [0.29, 0.717) is 5.92 Å². The minimum absolute atomic E-state index is 0.614. The smallest absolute Gasteiger partial charge is 0.159 e. The Morgan fingerprint density at radius 3 is 2.30 bits per heavy atom. The van der Waals surface area contributed by atoms with Gasteiger partial charge in [0.15, 0.2) is 5.58 Å². The van der Waals surface area contributed by atoms with Gasteiger partial charge in [-0.3, -0.25) is 0 Å². The largest absolute Gasteiger partial charge is 0.454 e. The van der Waals surface area contributed by atoms with Crippen LogP contribution in [0.4, 0.5) is 11.4 Å². The van der Waals surface area contributed by atoms with Gasteiger partial charge in [0.1, 0.15) is 5.58 Å². The molecule has 0 saturated heterocycles. The Morgan fingerprint density at radius 1 is 0.667 bits per heavy atom. The fourth-order valence-electron chi connectivity index (χ4n) is 5.14. The molecule has 0 bridgehead atoms. The molecule has 1 aliphatic rings. The van der Waals surface area contributed by atoms with E-state index in [1.54, 1.807) is 0 Å². The summed E-state index contributed by atoms with van der Waals surface area (Å²) in [5.74, 6) is 0.614. The van der Waals surface area contributed by atoms with E-state index >= 15 is 0 Å². The molecule has 0 amide bonds. The van der Waals surface area contributed by atoms with Crippen LogP contribution in [-0.2, 0) is 0 Å². The van der Waals surface area contributed by atoms with Crippen molar-refractivity contribution in [1.82, 2.24) is 0 Å². The molecule has 0 atom stereocenters. The van der Waals surface area contributed by atoms with Gasteiger partial charge in [0, 0.05) is 21.8 Å². The van der Waals surface area contributed by atoms with E-state index in [-0.39, 0.29) is 0 Å². The van der Waals surface area contributed by atoms with E-state index in [1.807, 2.05) is 6.07 Å². The Kier molecular flexibility index (Phi) is 4.23. The number of hydrogen-bond donors (Lipinski definition) is 1. The van der Waals surface area contributed by atoms with Gasteiger partial charge in [0.2, 0.25) is 0 Å². The van der Waals surface area contributed by atoms with E-state index in [1.165, 1.54) is 59.2 Å². The van der Waals surface area contributed by atoms with Gasteiger partial charge in [0.25, 0.3) is 0 Å². The van der Waals surface area contributed by atoms with Crippen molar-refractivity contribution in [3.63, 3.8) is 0 Å². The number of para-hydroxylation sites is 2. The number of benzene rings is 4. The van der Waals surface area contributed by atoms with E-state index in [4.69, 9.17) is 4.42 Å². The summed E-state index contributed by atoms with van der Waals surface area (Å²) in [7, 11) is 0. The zero-order valence-corrected chi connectivity index (χ0v) is 17.0. The lowest BCUT2D eigenvalue weighted by atomic mass is 9.83. The van der Waals surface area contributed by atoms with Crippen molar-refractivity contribution >= 4 is 44.1 Å². The monoisotopic (exact) mass is 391 g/mol. The van der Waals surface area contributed by atoms with Crippen molar-refractivity contribution in [1.29, 1.82) is 0 Å². The molecule has 6 rings (SSSR count). The predicted molar refractivity (Wildman–Crippen MR) is 127 cm³/mol. The van der Waals surface area contributed by atoms with Crippen LogP contribution in [0.15, 0.2) is 83.3 Å². The molecule has 4 aromatic carbocycles. The first-order valence-corrected chi connectivity index (χ1v) is 11.1. The van der Waals surface area contributed by atoms with Crippen molar-refractivity contribution in [2.45, 2.75) is 38.0 Å². The van der Waals surface area contributed by atoms with Gasteiger partial charge in [-0.05, 0) is 47.9 Å². The summed E-state index contributed by atoms with van der Waals surface area (Å²) in [6.07, 6.45) is 6.56. The van der Waals surface area contributed by atoms with Gasteiger partial charge < -0.3 is 9.73 Å². The Labute approximate surface area is 176 Å². The van der Waals surface area contributed by atoms with Gasteiger partial charge in [-0.2, -0.15) is 0 Å². The average molecular weight is 392 g/mol. The molecule has 1 heterocycles. The van der Waals surface area contributed by atoms with Gasteiger partial charge in [-0.25, -0.2) is 0 Å². The number of rotatable bonds is 3. The highest BCUT2D eigenvalue weighted by molar-refractivity contribution is 6.18. The lowest BCUT2D eigenvalue weighted by molar-refractivity contribution is 0.442. The Bertz CT molecular complexity index is 1340. The van der Waals surface area contributed by atoms with Crippen molar-refractivity contribution in [3.8, 4) is 0 Å². The molecule has 2 heteroatoms. The second kappa shape index (κ2) is 7.21. The Hall–Kier alpha value is -3.26. The van der Waals surface area contributed by atoms with Crippen LogP contribution in [0.2, 0.25) is 0 Å². The SMILES string of the molecule is c1ccc(Nc2c3ccccc3cc3c2oc2c(C4CCCCC4)cccc23)cc1. The molecule has 1 aromatic heterocycles. The van der Waals surface area contributed by atoms with Crippen LogP contribution < -0.4 is 5.32 Å². The summed E-state index contributed by atoms with van der Waals surface area (Å²) in [6.45, 7) is 0. The fourth-order valence-corrected chi connectivity index (χ4v) is 5.14. The van der Waals surface area contributed by atoms with Crippen molar-refractivity contribution in [2.75, 3.05) is 5.32 Å². The van der Waals surface area contributed by atoms with Gasteiger partial charge >= 0.3 is 0 Å². The molecule has 148 valence electrons. The minimum atomic E-state index is 0.614. The highest BCUT2D eigenvalue weighted by atomic mass is 16.3. The maximum absolute atomic E-state index is 6.69. The Balaban J connectivity index is 1.63. The van der Waals surface area contributed by atoms with Crippen LogP contribution in [0.1, 0.15) is 43.6 Å². The lowest BCUT2D eigenvalue weighted by Gasteiger charge is -2.21. The van der Waals surface area contributed by atoms with E-state index in [2.05, 4.69) is 78.1 Å². The third kappa shape index (κ3) is 2.87. The predicted octanol–water partition coefficient (Wildman–Crippen LogP) is 8.53. The fraction of sp³-hybridized carbons (Fsp3) is 0.214. The molecular formula is C28H25NO. The zero-order chi connectivity index (χ0) is 19.9. The standard InChI is InChI=1S/C28H25NO/c1-3-10-19(11-4-1)23-16-9-17-24-25-18-20-12-7-8-15-22(20)26(28(25)30-27(23)24)29-21-13-5-2-6-14-21/h2,5-9,12-19,29H,1,3-4,10-11H2. The van der Waals surface area contributed by atoms with Gasteiger partial charge in [0.05, 0.1) is 5.69 Å². The van der Waals surface area contributed by atoms with E-state index in [9.17, 15) is 0 Å². The molecule has 0 aliphatic heterocycles. The summed E-state index contributed by atoms with van der Waals surface area (Å²) >= 11 is 0. The third-order valence-corrected chi connectivity index (χ3v) is 6.63. The summed E-state index contributed by atoms with van der Waals surface area (Å²) in [6, 6.07) is 27.9. The third-order valence-electron chi connectivity index (χ3n) is 6.63. The number of hydrogen-bond acceptors (Lipinski definition) is 2. The average Bonchev–Trinajstić information content (AvgIpc) is 3.19. The van der Waals surface area contributed by atoms with E-state index < -0.39 is 0 Å². The number of furan rings is 1. The second-order valence-corrected chi connectivity index (χ2v) is 8.50. The van der Waals surface area contributed by atoms with Crippen molar-refractivity contribution in [3.05, 3.63) is 84.4 Å². The second-order valence-electron chi connectivity index (χ2n) is 8.50. The van der Waals surface area contributed by atoms with Crippen molar-refractivity contribution in [2.24, 2.45) is 0 Å². The quantitative estimate of drug-likeness (QED) is 0.333. The number of fused-ring (bicyclic) bond motifs is 4. The maximum atomic E-state index is 6.69. The number of nitrogens with one attached hydrogen (secondary N) is 1. The minimum Gasteiger partial charge on any atom is -0.454 e. The molecule has 0 unspecified atom stereocenters. The van der Waals surface area contributed by atoms with Crippen LogP contribution in [0.5, 0.6) is 0 Å². The first-order valence-electron chi connectivity index (χ1n) is 11.1. The summed E-state index contributed by atoms with van der Waals surface area (Å²) in [5, 5.41) is 8.50. The molecule has 0 radical (unpaired) electrons. The molecule has 2 nitrogen and oxygen atoms in total. The summed E-state index contributed by atoms with van der Waals surface area (Å²) in [5.41, 5.74) is 5.54. The zero-order valence-electron chi connectivity index (χ0n) is 17.0. The molecule has 1 N–H and O–H groups in total. The molecule has 1 saturated carbocycles. The van der Waals surface area contributed by atoms with Crippen molar-refractivity contribution < 1.29 is 4.42 Å². The Morgan fingerprint density at radius 2 is 1.43 bits per heavy atom. The summed E-state index contributed by atoms with van der Waals surface area (Å²) in [4.78, 5) is 0. The summed E-state index contributed by atoms with van der Waals surface area (Å²) < 4.78 is 6.69. The molecule has 5 aromatic rings. The van der Waals surface area contributed by atoms with Gasteiger partial charge in [-0.15, -0.1) is 0 Å². The number of anilines is 2. The highest BCUT2D eigenvalue weighted by Crippen LogP contribution is 2.44. The maximum Gasteiger partial charge on any atom is 0.159 e. The molecule has 1 aliphatic carbocycles. The molecule has 1 fully saturated rings. The highest BCUT2D eigenvalue weighted by Gasteiger charge is 2.22. The topological polar surface area (TPSA) is 25.2 Å². The molecular weight excluding hydrogens is 366 g/mol. The molecule has 0 spiro atoms.